The van der Waals surface area contributed by atoms with Crippen molar-refractivity contribution in [2.24, 2.45) is 0 Å². The second-order valence-corrected chi connectivity index (χ2v) is 3.82. The molecule has 0 heterocycles. The number of carboxylic acid groups (broad SMARTS) is 1. The first-order valence-electron chi connectivity index (χ1n) is 5.72. The van der Waals surface area contributed by atoms with Gasteiger partial charge in [0.15, 0.2) is 0 Å². The van der Waals surface area contributed by atoms with E-state index in [1.165, 1.54) is 7.11 Å². The van der Waals surface area contributed by atoms with E-state index in [1.807, 2.05) is 0 Å². The molecule has 0 saturated carbocycles. The Balaban J connectivity index is 3.00. The zero-order valence-electron chi connectivity index (χ0n) is 10.5. The third-order valence-corrected chi connectivity index (χ3v) is 2.54. The average molecular weight is 251 g/mol. The smallest absolute Gasteiger partial charge is 0.304 e. The van der Waals surface area contributed by atoms with E-state index in [2.05, 4.69) is 5.32 Å². The lowest BCUT2D eigenvalue weighted by atomic mass is 9.94. The van der Waals surface area contributed by atoms with Gasteiger partial charge in [0.25, 0.3) is 0 Å². The summed E-state index contributed by atoms with van der Waals surface area (Å²) in [6.07, 6.45) is -0.237. The van der Waals surface area contributed by atoms with Crippen LogP contribution in [0.25, 0.3) is 0 Å². The summed E-state index contributed by atoms with van der Waals surface area (Å²) < 4.78 is 5.07. The van der Waals surface area contributed by atoms with Crippen molar-refractivity contribution in [3.05, 3.63) is 29.8 Å². The molecule has 0 radical (unpaired) electrons. The van der Waals surface area contributed by atoms with Crippen LogP contribution in [0.3, 0.4) is 0 Å². The number of likely N-dealkylation sites (N-methyl/N-ethyl adjacent to an activating group) is 1. The van der Waals surface area contributed by atoms with Gasteiger partial charge in [0.2, 0.25) is 5.91 Å². The van der Waals surface area contributed by atoms with Crippen LogP contribution in [0.2, 0.25) is 0 Å². The topological polar surface area (TPSA) is 75.6 Å². The number of aliphatic carboxylic acids is 1. The number of benzene rings is 1. The van der Waals surface area contributed by atoms with Crippen LogP contribution in [0.1, 0.15) is 24.8 Å². The Kier molecular flexibility index (Phi) is 5.17. The third kappa shape index (κ3) is 3.76. The number of hydrogen-bond acceptors (Lipinski definition) is 3. The lowest BCUT2D eigenvalue weighted by molar-refractivity contribution is -0.139. The Labute approximate surface area is 106 Å². The Morgan fingerprint density at radius 1 is 1.44 bits per heavy atom. The highest BCUT2D eigenvalue weighted by molar-refractivity contribution is 5.87. The summed E-state index contributed by atoms with van der Waals surface area (Å²) in [4.78, 5) is 22.7. The van der Waals surface area contributed by atoms with Crippen molar-refractivity contribution in [3.8, 4) is 5.75 Å². The van der Waals surface area contributed by atoms with Crippen LogP contribution in [0.4, 0.5) is 0 Å². The third-order valence-electron chi connectivity index (χ3n) is 2.54. The van der Waals surface area contributed by atoms with E-state index in [0.717, 1.165) is 0 Å². The molecule has 1 rings (SSSR count). The quantitative estimate of drug-likeness (QED) is 0.801. The van der Waals surface area contributed by atoms with Crippen molar-refractivity contribution in [2.45, 2.75) is 19.3 Å². The number of carbonyl (C=O) groups is 2. The van der Waals surface area contributed by atoms with Crippen molar-refractivity contribution >= 4 is 11.9 Å². The zero-order chi connectivity index (χ0) is 13.5. The fourth-order valence-electron chi connectivity index (χ4n) is 1.69. The molecule has 5 heteroatoms. The van der Waals surface area contributed by atoms with Gasteiger partial charge in [-0.25, -0.2) is 0 Å². The van der Waals surface area contributed by atoms with Gasteiger partial charge in [-0.2, -0.15) is 0 Å². The minimum atomic E-state index is -1.01. The predicted octanol–water partition coefficient (Wildman–Crippen LogP) is 1.39. The van der Waals surface area contributed by atoms with E-state index in [9.17, 15) is 9.59 Å². The lowest BCUT2D eigenvalue weighted by Gasteiger charge is -2.15. The molecule has 5 nitrogen and oxygen atoms in total. The number of ether oxygens (including phenoxy) is 1. The molecule has 1 aromatic carbocycles. The summed E-state index contributed by atoms with van der Waals surface area (Å²) in [6.45, 7) is 2.26. The monoisotopic (exact) mass is 251 g/mol. The van der Waals surface area contributed by atoms with E-state index in [4.69, 9.17) is 9.84 Å². The van der Waals surface area contributed by atoms with Crippen LogP contribution in [-0.2, 0) is 9.59 Å². The number of methoxy groups -OCH3 is 1. The van der Waals surface area contributed by atoms with Crippen LogP contribution in [0, 0.1) is 0 Å². The molecule has 18 heavy (non-hydrogen) atoms. The number of rotatable bonds is 6. The largest absolute Gasteiger partial charge is 0.497 e. The fraction of sp³-hybridized carbons (Fsp3) is 0.385. The Hall–Kier alpha value is -2.04. The van der Waals surface area contributed by atoms with Gasteiger partial charge in [0.05, 0.1) is 19.4 Å². The molecule has 0 aliphatic rings. The predicted molar refractivity (Wildman–Crippen MR) is 66.7 cm³/mol. The van der Waals surface area contributed by atoms with Gasteiger partial charge < -0.3 is 15.2 Å². The molecule has 98 valence electrons. The van der Waals surface area contributed by atoms with Crippen molar-refractivity contribution in [3.63, 3.8) is 0 Å². The molecule has 2 N–H and O–H groups in total. The number of carboxylic acids is 1. The average Bonchev–Trinajstić information content (AvgIpc) is 2.36. The van der Waals surface area contributed by atoms with E-state index in [0.29, 0.717) is 17.9 Å². The Morgan fingerprint density at radius 3 is 2.72 bits per heavy atom. The summed E-state index contributed by atoms with van der Waals surface area (Å²) >= 11 is 0. The van der Waals surface area contributed by atoms with E-state index in [1.54, 1.807) is 31.2 Å². The summed E-state index contributed by atoms with van der Waals surface area (Å²) in [5.41, 5.74) is 0.641. The second kappa shape index (κ2) is 6.64. The van der Waals surface area contributed by atoms with E-state index < -0.39 is 11.9 Å². The van der Waals surface area contributed by atoms with Crippen molar-refractivity contribution < 1.29 is 19.4 Å². The second-order valence-electron chi connectivity index (χ2n) is 3.82. The summed E-state index contributed by atoms with van der Waals surface area (Å²) in [7, 11) is 1.53. The molecule has 1 amide bonds. The molecule has 1 atom stereocenters. The van der Waals surface area contributed by atoms with Gasteiger partial charge in [-0.05, 0) is 24.6 Å². The summed E-state index contributed by atoms with van der Waals surface area (Å²) in [6, 6.07) is 6.90. The maximum absolute atomic E-state index is 11.9. The molecule has 0 fully saturated rings. The van der Waals surface area contributed by atoms with Gasteiger partial charge in [-0.3, -0.25) is 9.59 Å². The summed E-state index contributed by atoms with van der Waals surface area (Å²) in [5.74, 6) is -1.38. The van der Waals surface area contributed by atoms with Crippen LogP contribution in [0.15, 0.2) is 24.3 Å². The van der Waals surface area contributed by atoms with Gasteiger partial charge in [0, 0.05) is 6.54 Å². The van der Waals surface area contributed by atoms with Crippen LogP contribution < -0.4 is 10.1 Å². The lowest BCUT2D eigenvalue weighted by Crippen LogP contribution is -2.30. The molecule has 1 unspecified atom stereocenters. The van der Waals surface area contributed by atoms with Crippen molar-refractivity contribution in [2.75, 3.05) is 13.7 Å². The maximum Gasteiger partial charge on any atom is 0.304 e. The highest BCUT2D eigenvalue weighted by Crippen LogP contribution is 2.24. The van der Waals surface area contributed by atoms with Crippen molar-refractivity contribution in [1.29, 1.82) is 0 Å². The first-order valence-corrected chi connectivity index (χ1v) is 5.72. The molecule has 0 aliphatic carbocycles. The number of amides is 1. The van der Waals surface area contributed by atoms with Gasteiger partial charge in [-0.15, -0.1) is 0 Å². The van der Waals surface area contributed by atoms with Gasteiger partial charge >= 0.3 is 5.97 Å². The highest BCUT2D eigenvalue weighted by Gasteiger charge is 2.23. The minimum Gasteiger partial charge on any atom is -0.497 e. The van der Waals surface area contributed by atoms with Crippen LogP contribution in [-0.4, -0.2) is 30.6 Å². The molecule has 0 saturated heterocycles. The maximum atomic E-state index is 11.9. The Morgan fingerprint density at radius 2 is 2.17 bits per heavy atom. The first-order chi connectivity index (χ1) is 8.58. The number of hydrogen-bond donors (Lipinski definition) is 2. The van der Waals surface area contributed by atoms with E-state index >= 15 is 0 Å². The molecular weight excluding hydrogens is 234 g/mol. The highest BCUT2D eigenvalue weighted by atomic mass is 16.5. The SMILES string of the molecule is CCNC(=O)C(CC(=O)O)c1cccc(OC)c1. The minimum absolute atomic E-state index is 0.237. The van der Waals surface area contributed by atoms with Gasteiger partial charge in [0.1, 0.15) is 5.75 Å². The van der Waals surface area contributed by atoms with Gasteiger partial charge in [-0.1, -0.05) is 12.1 Å². The van der Waals surface area contributed by atoms with Crippen molar-refractivity contribution in [1.82, 2.24) is 5.32 Å². The normalized spacial score (nSPS) is 11.7. The van der Waals surface area contributed by atoms with Crippen LogP contribution >= 0.6 is 0 Å². The standard InChI is InChI=1S/C13H17NO4/c1-3-14-13(17)11(8-12(15)16)9-5-4-6-10(7-9)18-2/h4-7,11H,3,8H2,1-2H3,(H,14,17)(H,15,16). The first kappa shape index (κ1) is 14.0. The summed E-state index contributed by atoms with van der Waals surface area (Å²) in [5, 5.41) is 11.5. The zero-order valence-corrected chi connectivity index (χ0v) is 10.5. The molecule has 0 spiro atoms. The molecule has 0 aromatic heterocycles. The molecule has 1 aromatic rings. The molecule has 0 aliphatic heterocycles. The van der Waals surface area contributed by atoms with E-state index in [-0.39, 0.29) is 12.3 Å². The molecule has 0 bridgehead atoms. The Bertz CT molecular complexity index is 431. The molecular formula is C13H17NO4. The number of carbonyl (C=O) groups excluding carboxylic acids is 1. The van der Waals surface area contributed by atoms with Crippen LogP contribution in [0.5, 0.6) is 5.75 Å². The number of nitrogens with one attached hydrogen (secondary N) is 1. The fourth-order valence-corrected chi connectivity index (χ4v) is 1.69.